The Hall–Kier alpha value is -1.95. The van der Waals surface area contributed by atoms with Crippen molar-refractivity contribution in [3.63, 3.8) is 0 Å². The van der Waals surface area contributed by atoms with Gasteiger partial charge in [-0.2, -0.15) is 5.10 Å². The van der Waals surface area contributed by atoms with Gasteiger partial charge in [0.2, 0.25) is 0 Å². The van der Waals surface area contributed by atoms with E-state index >= 15 is 0 Å². The zero-order valence-corrected chi connectivity index (χ0v) is 15.2. The molecule has 0 unspecified atom stereocenters. The van der Waals surface area contributed by atoms with Crippen molar-refractivity contribution in [1.29, 1.82) is 0 Å². The Morgan fingerprint density at radius 2 is 1.96 bits per heavy atom. The second kappa shape index (κ2) is 7.75. The molecule has 128 valence electrons. The van der Waals surface area contributed by atoms with Gasteiger partial charge in [-0.1, -0.05) is 31.4 Å². The number of nitrogens with one attached hydrogen (secondary N) is 1. The van der Waals surface area contributed by atoms with Gasteiger partial charge in [-0.3, -0.25) is 0 Å². The molecule has 1 heterocycles. The smallest absolute Gasteiger partial charge is 0.169 e. The van der Waals surface area contributed by atoms with E-state index in [1.54, 1.807) is 17.3 Å². The van der Waals surface area contributed by atoms with E-state index in [0.717, 1.165) is 10.8 Å². The van der Waals surface area contributed by atoms with Crippen molar-refractivity contribution in [2.24, 2.45) is 0 Å². The normalized spacial score (nSPS) is 16.6. The Kier molecular flexibility index (Phi) is 5.45. The van der Waals surface area contributed by atoms with Crippen molar-refractivity contribution in [1.82, 2.24) is 25.0 Å². The lowest BCUT2D eigenvalue weighted by atomic mass is 9.96. The molecule has 0 aliphatic heterocycles. The lowest BCUT2D eigenvalue weighted by molar-refractivity contribution is 0.362. The third-order valence-electron chi connectivity index (χ3n) is 4.89. The van der Waals surface area contributed by atoms with Gasteiger partial charge >= 0.3 is 0 Å². The summed E-state index contributed by atoms with van der Waals surface area (Å²) in [6.45, 7) is 2.18. The maximum Gasteiger partial charge on any atom is 0.169 e. The number of benzene rings is 1. The Morgan fingerprint density at radius 3 is 2.58 bits per heavy atom. The Balaban J connectivity index is 1.62. The van der Waals surface area contributed by atoms with Crippen LogP contribution in [0.3, 0.4) is 0 Å². The molecule has 5 nitrogen and oxygen atoms in total. The van der Waals surface area contributed by atoms with Crippen LogP contribution in [0.1, 0.15) is 50.6 Å². The molecule has 0 amide bonds. The van der Waals surface area contributed by atoms with Crippen LogP contribution in [0.4, 0.5) is 0 Å². The topological polar surface area (TPSA) is 46.0 Å². The molecule has 1 fully saturated rings. The highest BCUT2D eigenvalue weighted by Gasteiger charge is 2.19. The van der Waals surface area contributed by atoms with E-state index in [1.807, 2.05) is 0 Å². The van der Waals surface area contributed by atoms with Crippen LogP contribution in [-0.2, 0) is 0 Å². The number of hydrogen-bond acceptors (Lipinski definition) is 3. The highest BCUT2D eigenvalue weighted by Crippen LogP contribution is 2.22. The minimum Gasteiger partial charge on any atom is -0.360 e. The lowest BCUT2D eigenvalue weighted by Crippen LogP contribution is -2.44. The van der Waals surface area contributed by atoms with Gasteiger partial charge < -0.3 is 10.2 Å². The first-order valence-corrected chi connectivity index (χ1v) is 9.04. The zero-order chi connectivity index (χ0) is 16.9. The molecule has 24 heavy (non-hydrogen) atoms. The molecule has 1 aromatic carbocycles. The Morgan fingerprint density at radius 1 is 1.25 bits per heavy atom. The first-order valence-electron chi connectivity index (χ1n) is 8.63. The highest BCUT2D eigenvalue weighted by molar-refractivity contribution is 7.80. The molecule has 1 N–H and O–H groups in total. The molecule has 1 atom stereocenters. The monoisotopic (exact) mass is 343 g/mol. The summed E-state index contributed by atoms with van der Waals surface area (Å²) in [6.07, 6.45) is 9.68. The fourth-order valence-corrected chi connectivity index (χ4v) is 3.49. The van der Waals surface area contributed by atoms with E-state index < -0.39 is 0 Å². The molecule has 0 saturated heterocycles. The number of thiocarbonyl (C=S) groups is 1. The van der Waals surface area contributed by atoms with E-state index in [-0.39, 0.29) is 6.04 Å². The molecule has 0 bridgehead atoms. The summed E-state index contributed by atoms with van der Waals surface area (Å²) in [6, 6.07) is 9.13. The number of hydrogen-bond donors (Lipinski definition) is 1. The Labute approximate surface area is 149 Å². The van der Waals surface area contributed by atoms with Gasteiger partial charge in [-0.15, -0.1) is 0 Å². The minimum atomic E-state index is 0.221. The predicted octanol–water partition coefficient (Wildman–Crippen LogP) is 3.47. The van der Waals surface area contributed by atoms with Crippen molar-refractivity contribution < 1.29 is 0 Å². The summed E-state index contributed by atoms with van der Waals surface area (Å²) in [5, 5.41) is 8.53. The molecule has 3 rings (SSSR count). The van der Waals surface area contributed by atoms with Crippen LogP contribution in [0.15, 0.2) is 36.9 Å². The van der Waals surface area contributed by atoms with Gasteiger partial charge in [0.05, 0.1) is 11.7 Å². The van der Waals surface area contributed by atoms with Crippen LogP contribution < -0.4 is 5.32 Å². The van der Waals surface area contributed by atoms with E-state index in [1.165, 1.54) is 37.7 Å². The van der Waals surface area contributed by atoms with Gasteiger partial charge in [0.15, 0.2) is 5.11 Å². The average molecular weight is 344 g/mol. The van der Waals surface area contributed by atoms with E-state index in [2.05, 4.69) is 58.5 Å². The molecule has 0 radical (unpaired) electrons. The average Bonchev–Trinajstić information content (AvgIpc) is 3.16. The van der Waals surface area contributed by atoms with Gasteiger partial charge in [-0.25, -0.2) is 9.67 Å². The second-order valence-corrected chi connectivity index (χ2v) is 6.89. The molecule has 1 aliphatic carbocycles. The highest BCUT2D eigenvalue weighted by atomic mass is 32.1. The van der Waals surface area contributed by atoms with Gasteiger partial charge in [0, 0.05) is 13.1 Å². The zero-order valence-electron chi connectivity index (χ0n) is 14.4. The molecule has 1 aliphatic rings. The quantitative estimate of drug-likeness (QED) is 0.861. The van der Waals surface area contributed by atoms with Crippen LogP contribution in [0.2, 0.25) is 0 Å². The molecular formula is C18H25N5S. The number of aromatic nitrogens is 3. The summed E-state index contributed by atoms with van der Waals surface area (Å²) in [4.78, 5) is 6.13. The van der Waals surface area contributed by atoms with Crippen LogP contribution >= 0.6 is 12.2 Å². The summed E-state index contributed by atoms with van der Waals surface area (Å²) in [7, 11) is 2.06. The molecular weight excluding hydrogens is 318 g/mol. The number of nitrogens with zero attached hydrogens (tertiary/aromatic N) is 4. The Bertz CT molecular complexity index is 647. The molecule has 1 aromatic heterocycles. The maximum absolute atomic E-state index is 5.62. The van der Waals surface area contributed by atoms with Gasteiger partial charge in [0.25, 0.3) is 0 Å². The minimum absolute atomic E-state index is 0.221. The molecule has 0 spiro atoms. The summed E-state index contributed by atoms with van der Waals surface area (Å²) < 4.78 is 1.76. The third kappa shape index (κ3) is 3.93. The maximum atomic E-state index is 5.62. The fraction of sp³-hybridized carbons (Fsp3) is 0.500. The van der Waals surface area contributed by atoms with Crippen molar-refractivity contribution >= 4 is 17.3 Å². The van der Waals surface area contributed by atoms with Crippen molar-refractivity contribution in [2.75, 3.05) is 7.05 Å². The largest absolute Gasteiger partial charge is 0.360 e. The SMILES string of the molecule is C[C@@H](c1ccc(-n2cncn2)cc1)N(C)C(=S)NC1CCCCC1. The molecule has 6 heteroatoms. The lowest BCUT2D eigenvalue weighted by Gasteiger charge is -2.32. The van der Waals surface area contributed by atoms with Gasteiger partial charge in [-0.05, 0) is 49.7 Å². The summed E-state index contributed by atoms with van der Waals surface area (Å²) in [5.74, 6) is 0. The second-order valence-electron chi connectivity index (χ2n) is 6.50. The first kappa shape index (κ1) is 16.9. The molecule has 2 aromatic rings. The standard InChI is InChI=1S/C18H25N5S/c1-14(22(2)18(24)21-16-6-4-3-5-7-16)15-8-10-17(11-9-15)23-13-19-12-20-23/h8-14,16H,3-7H2,1-2H3,(H,21,24)/t14-/m0/s1. The van der Waals surface area contributed by atoms with Crippen LogP contribution in [0, 0.1) is 0 Å². The summed E-state index contributed by atoms with van der Waals surface area (Å²) in [5.41, 5.74) is 2.24. The van der Waals surface area contributed by atoms with Crippen LogP contribution in [0.25, 0.3) is 5.69 Å². The summed E-state index contributed by atoms with van der Waals surface area (Å²) >= 11 is 5.62. The van der Waals surface area contributed by atoms with Crippen LogP contribution in [0.5, 0.6) is 0 Å². The van der Waals surface area contributed by atoms with Crippen molar-refractivity contribution in [2.45, 2.75) is 51.1 Å². The van der Waals surface area contributed by atoms with E-state index in [4.69, 9.17) is 12.2 Å². The predicted molar refractivity (Wildman–Crippen MR) is 100 cm³/mol. The van der Waals surface area contributed by atoms with Crippen molar-refractivity contribution in [3.8, 4) is 5.69 Å². The first-order chi connectivity index (χ1) is 11.6. The van der Waals surface area contributed by atoms with E-state index in [0.29, 0.717) is 6.04 Å². The fourth-order valence-electron chi connectivity index (χ4n) is 3.17. The van der Waals surface area contributed by atoms with E-state index in [9.17, 15) is 0 Å². The van der Waals surface area contributed by atoms with Crippen LogP contribution in [-0.4, -0.2) is 37.9 Å². The molecule has 1 saturated carbocycles. The van der Waals surface area contributed by atoms with Gasteiger partial charge in [0.1, 0.15) is 12.7 Å². The number of rotatable bonds is 4. The van der Waals surface area contributed by atoms with Crippen molar-refractivity contribution in [3.05, 3.63) is 42.5 Å². The third-order valence-corrected chi connectivity index (χ3v) is 5.30.